The molecule has 21 heavy (non-hydrogen) atoms. The van der Waals surface area contributed by atoms with Crippen LogP contribution >= 0.6 is 27.5 Å². The van der Waals surface area contributed by atoms with Crippen molar-refractivity contribution in [3.8, 4) is 5.75 Å². The number of ether oxygens (including phenoxy) is 1. The SMILES string of the molecule is CCn1ccc(CNc2cc(Cl)cc(Br)c2OC(F)F)c1. The highest BCUT2D eigenvalue weighted by molar-refractivity contribution is 9.10. The Balaban J connectivity index is 2.17. The molecule has 1 aromatic carbocycles. The second kappa shape index (κ2) is 7.13. The van der Waals surface area contributed by atoms with Gasteiger partial charge in [-0.15, -0.1) is 0 Å². The standard InChI is InChI=1S/C14H14BrClF2N2O/c1-2-20-4-3-9(8-20)7-19-12-6-10(16)5-11(15)13(12)21-14(17)18/h3-6,8,14,19H,2,7H2,1H3. The molecule has 2 aromatic rings. The maximum atomic E-state index is 12.5. The van der Waals surface area contributed by atoms with Crippen LogP contribution in [-0.2, 0) is 13.1 Å². The molecule has 0 bridgehead atoms. The number of benzene rings is 1. The number of hydrogen-bond donors (Lipinski definition) is 1. The van der Waals surface area contributed by atoms with Crippen LogP contribution in [0, 0.1) is 0 Å². The Morgan fingerprint density at radius 1 is 1.43 bits per heavy atom. The fourth-order valence-electron chi connectivity index (χ4n) is 1.89. The summed E-state index contributed by atoms with van der Waals surface area (Å²) in [6.45, 7) is 0.506. The lowest BCUT2D eigenvalue weighted by Crippen LogP contribution is -2.07. The normalized spacial score (nSPS) is 11.0. The predicted molar refractivity (Wildman–Crippen MR) is 83.2 cm³/mol. The fourth-order valence-corrected chi connectivity index (χ4v) is 2.79. The first-order valence-electron chi connectivity index (χ1n) is 6.32. The lowest BCUT2D eigenvalue weighted by molar-refractivity contribution is -0.0498. The summed E-state index contributed by atoms with van der Waals surface area (Å²) in [7, 11) is 0. The van der Waals surface area contributed by atoms with Gasteiger partial charge in [0.15, 0.2) is 5.75 Å². The van der Waals surface area contributed by atoms with Crippen molar-refractivity contribution in [3.63, 3.8) is 0 Å². The fraction of sp³-hybridized carbons (Fsp3) is 0.286. The lowest BCUT2D eigenvalue weighted by atomic mass is 10.2. The topological polar surface area (TPSA) is 26.2 Å². The molecule has 0 aliphatic heterocycles. The Hall–Kier alpha value is -1.27. The molecule has 0 aliphatic carbocycles. The van der Waals surface area contributed by atoms with Crippen LogP contribution in [0.3, 0.4) is 0 Å². The zero-order chi connectivity index (χ0) is 15.4. The highest BCUT2D eigenvalue weighted by atomic mass is 79.9. The molecule has 0 spiro atoms. The van der Waals surface area contributed by atoms with Crippen LogP contribution < -0.4 is 10.1 Å². The molecule has 0 atom stereocenters. The number of alkyl halides is 2. The van der Waals surface area contributed by atoms with Gasteiger partial charge < -0.3 is 14.6 Å². The van der Waals surface area contributed by atoms with Gasteiger partial charge in [0.25, 0.3) is 0 Å². The number of aromatic nitrogens is 1. The van der Waals surface area contributed by atoms with Crippen molar-refractivity contribution in [2.24, 2.45) is 0 Å². The van der Waals surface area contributed by atoms with Crippen molar-refractivity contribution in [1.82, 2.24) is 4.57 Å². The molecule has 0 amide bonds. The van der Waals surface area contributed by atoms with Crippen LogP contribution in [0.25, 0.3) is 0 Å². The first kappa shape index (κ1) is 16.1. The maximum absolute atomic E-state index is 12.5. The summed E-state index contributed by atoms with van der Waals surface area (Å²) in [4.78, 5) is 0. The minimum atomic E-state index is -2.90. The van der Waals surface area contributed by atoms with Gasteiger partial charge in [-0.1, -0.05) is 11.6 Å². The van der Waals surface area contributed by atoms with Gasteiger partial charge >= 0.3 is 6.61 Å². The summed E-state index contributed by atoms with van der Waals surface area (Å²) in [5.41, 5.74) is 1.45. The molecular weight excluding hydrogens is 366 g/mol. The van der Waals surface area contributed by atoms with E-state index in [0.29, 0.717) is 21.7 Å². The van der Waals surface area contributed by atoms with Gasteiger partial charge in [0.05, 0.1) is 10.2 Å². The van der Waals surface area contributed by atoms with E-state index < -0.39 is 6.61 Å². The van der Waals surface area contributed by atoms with Crippen LogP contribution in [-0.4, -0.2) is 11.2 Å². The number of aryl methyl sites for hydroxylation is 1. The summed E-state index contributed by atoms with van der Waals surface area (Å²) in [5, 5.41) is 3.50. The van der Waals surface area contributed by atoms with E-state index in [0.717, 1.165) is 12.1 Å². The van der Waals surface area contributed by atoms with E-state index in [1.54, 1.807) is 6.07 Å². The van der Waals surface area contributed by atoms with Gasteiger partial charge in [0, 0.05) is 30.5 Å². The minimum absolute atomic E-state index is 0.0457. The average Bonchev–Trinajstić information content (AvgIpc) is 2.87. The Labute approximate surface area is 135 Å². The Kier molecular flexibility index (Phi) is 5.47. The molecule has 1 N–H and O–H groups in total. The van der Waals surface area contributed by atoms with Crippen molar-refractivity contribution in [3.05, 3.63) is 45.7 Å². The van der Waals surface area contributed by atoms with E-state index in [1.165, 1.54) is 6.07 Å². The maximum Gasteiger partial charge on any atom is 0.387 e. The number of anilines is 1. The number of hydrogen-bond acceptors (Lipinski definition) is 2. The van der Waals surface area contributed by atoms with Gasteiger partial charge in [0.1, 0.15) is 0 Å². The van der Waals surface area contributed by atoms with E-state index in [1.807, 2.05) is 30.0 Å². The summed E-state index contributed by atoms with van der Waals surface area (Å²) in [6, 6.07) is 5.03. The summed E-state index contributed by atoms with van der Waals surface area (Å²) < 4.78 is 31.9. The molecule has 1 heterocycles. The third-order valence-electron chi connectivity index (χ3n) is 2.88. The third-order valence-corrected chi connectivity index (χ3v) is 3.68. The number of rotatable bonds is 6. The minimum Gasteiger partial charge on any atom is -0.431 e. The van der Waals surface area contributed by atoms with E-state index in [4.69, 9.17) is 11.6 Å². The zero-order valence-corrected chi connectivity index (χ0v) is 13.6. The Bertz CT molecular complexity index is 619. The predicted octanol–water partition coefficient (Wildman–Crippen LogP) is 5.14. The van der Waals surface area contributed by atoms with Crippen LogP contribution in [0.15, 0.2) is 35.1 Å². The van der Waals surface area contributed by atoms with Crippen molar-refractivity contribution in [1.29, 1.82) is 0 Å². The molecular formula is C14H14BrClF2N2O. The molecule has 0 saturated carbocycles. The van der Waals surface area contributed by atoms with E-state index in [-0.39, 0.29) is 5.75 Å². The van der Waals surface area contributed by atoms with Gasteiger partial charge in [-0.3, -0.25) is 0 Å². The van der Waals surface area contributed by atoms with Crippen LogP contribution in [0.1, 0.15) is 12.5 Å². The third kappa shape index (κ3) is 4.35. The van der Waals surface area contributed by atoms with Gasteiger partial charge in [-0.25, -0.2) is 0 Å². The quantitative estimate of drug-likeness (QED) is 0.752. The molecule has 0 unspecified atom stereocenters. The Morgan fingerprint density at radius 3 is 2.81 bits per heavy atom. The van der Waals surface area contributed by atoms with Crippen molar-refractivity contribution in [2.75, 3.05) is 5.32 Å². The first-order valence-corrected chi connectivity index (χ1v) is 7.49. The molecule has 3 nitrogen and oxygen atoms in total. The zero-order valence-electron chi connectivity index (χ0n) is 11.2. The molecule has 0 saturated heterocycles. The van der Waals surface area contributed by atoms with Gasteiger partial charge in [-0.05, 0) is 46.6 Å². The van der Waals surface area contributed by atoms with Crippen LogP contribution in [0.2, 0.25) is 5.02 Å². The summed E-state index contributed by atoms with van der Waals surface area (Å²) >= 11 is 9.13. The molecule has 1 aromatic heterocycles. The summed E-state index contributed by atoms with van der Waals surface area (Å²) in [6.07, 6.45) is 3.95. The largest absolute Gasteiger partial charge is 0.431 e. The van der Waals surface area contributed by atoms with E-state index >= 15 is 0 Å². The average molecular weight is 380 g/mol. The molecule has 0 aliphatic rings. The van der Waals surface area contributed by atoms with Crippen molar-refractivity contribution >= 4 is 33.2 Å². The summed E-state index contributed by atoms with van der Waals surface area (Å²) in [5.74, 6) is 0.0457. The molecule has 2 rings (SSSR count). The van der Waals surface area contributed by atoms with Crippen LogP contribution in [0.5, 0.6) is 5.75 Å². The van der Waals surface area contributed by atoms with Gasteiger partial charge in [0.2, 0.25) is 0 Å². The monoisotopic (exact) mass is 378 g/mol. The van der Waals surface area contributed by atoms with Crippen molar-refractivity contribution in [2.45, 2.75) is 26.6 Å². The number of halogens is 4. The van der Waals surface area contributed by atoms with Crippen molar-refractivity contribution < 1.29 is 13.5 Å². The number of nitrogens with zero attached hydrogens (tertiary/aromatic N) is 1. The molecule has 7 heteroatoms. The first-order chi connectivity index (χ1) is 9.99. The lowest BCUT2D eigenvalue weighted by Gasteiger charge is -2.14. The second-order valence-corrected chi connectivity index (χ2v) is 5.64. The van der Waals surface area contributed by atoms with Crippen LogP contribution in [0.4, 0.5) is 14.5 Å². The smallest absolute Gasteiger partial charge is 0.387 e. The highest BCUT2D eigenvalue weighted by Gasteiger charge is 2.15. The number of nitrogens with one attached hydrogen (secondary N) is 1. The second-order valence-electron chi connectivity index (χ2n) is 4.35. The van der Waals surface area contributed by atoms with Gasteiger partial charge in [-0.2, -0.15) is 8.78 Å². The molecule has 0 radical (unpaired) electrons. The highest BCUT2D eigenvalue weighted by Crippen LogP contribution is 2.37. The molecule has 0 fully saturated rings. The Morgan fingerprint density at radius 2 is 2.19 bits per heavy atom. The van der Waals surface area contributed by atoms with E-state index in [2.05, 4.69) is 26.0 Å². The van der Waals surface area contributed by atoms with E-state index in [9.17, 15) is 8.78 Å². The molecule has 114 valence electrons.